The fourth-order valence-electron chi connectivity index (χ4n) is 1.97. The van der Waals surface area contributed by atoms with E-state index in [1.54, 1.807) is 18.0 Å². The fourth-order valence-corrected chi connectivity index (χ4v) is 3.30. The van der Waals surface area contributed by atoms with Crippen molar-refractivity contribution in [3.8, 4) is 5.88 Å². The molecule has 0 aromatic carbocycles. The molecular weight excluding hydrogens is 258 g/mol. The predicted molar refractivity (Wildman–Crippen MR) is 82.2 cm³/mol. The largest absolute Gasteiger partial charge is 0.478 e. The zero-order chi connectivity index (χ0) is 13.7. The quantitative estimate of drug-likeness (QED) is 0.895. The maximum absolute atomic E-state index is 5.32. The molecule has 0 bridgehead atoms. The highest BCUT2D eigenvalue weighted by molar-refractivity contribution is 8.14. The molecule has 5 heteroatoms. The summed E-state index contributed by atoms with van der Waals surface area (Å²) in [7, 11) is 0. The molecule has 0 radical (unpaired) electrons. The van der Waals surface area contributed by atoms with Crippen molar-refractivity contribution in [2.75, 3.05) is 17.7 Å². The summed E-state index contributed by atoms with van der Waals surface area (Å²) in [4.78, 5) is 9.06. The lowest BCUT2D eigenvalue weighted by molar-refractivity contribution is 0.327. The second kappa shape index (κ2) is 6.28. The van der Waals surface area contributed by atoms with Crippen LogP contribution in [0.5, 0.6) is 5.88 Å². The van der Waals surface area contributed by atoms with Crippen LogP contribution < -0.4 is 10.1 Å². The summed E-state index contributed by atoms with van der Waals surface area (Å²) in [6, 6.07) is 3.85. The number of pyridine rings is 1. The first kappa shape index (κ1) is 14.2. The van der Waals surface area contributed by atoms with E-state index in [4.69, 9.17) is 9.73 Å². The van der Waals surface area contributed by atoms with Gasteiger partial charge in [0.2, 0.25) is 5.88 Å². The first-order valence-corrected chi connectivity index (χ1v) is 7.78. The minimum Gasteiger partial charge on any atom is -0.478 e. The van der Waals surface area contributed by atoms with Crippen molar-refractivity contribution in [1.82, 2.24) is 4.98 Å². The number of hydrogen-bond acceptors (Lipinski definition) is 5. The lowest BCUT2D eigenvalue weighted by Gasteiger charge is -2.20. The molecule has 0 aliphatic carbocycles. The number of hydrogen-bond donors (Lipinski definition) is 1. The molecule has 0 spiro atoms. The number of nitrogens with zero attached hydrogens (tertiary/aromatic N) is 2. The lowest BCUT2D eigenvalue weighted by Crippen LogP contribution is -2.24. The predicted octanol–water partition coefficient (Wildman–Crippen LogP) is 3.55. The van der Waals surface area contributed by atoms with Crippen LogP contribution in [0.1, 0.15) is 33.6 Å². The highest BCUT2D eigenvalue weighted by atomic mass is 32.2. The standard InChI is InChI=1S/C14H21N3OS/c1-4-14(5-2)10-19-13(17-14)16-11-7-8-12(15-9-11)18-6-3/h7-9H,4-6,10H2,1-3H3,(H,16,17). The van der Waals surface area contributed by atoms with Crippen molar-refractivity contribution in [2.45, 2.75) is 39.2 Å². The topological polar surface area (TPSA) is 46.5 Å². The Morgan fingerprint density at radius 2 is 2.11 bits per heavy atom. The van der Waals surface area contributed by atoms with Gasteiger partial charge in [-0.05, 0) is 25.8 Å². The Balaban J connectivity index is 2.02. The monoisotopic (exact) mass is 279 g/mol. The first-order chi connectivity index (χ1) is 9.21. The Hall–Kier alpha value is -1.23. The van der Waals surface area contributed by atoms with Gasteiger partial charge in [0, 0.05) is 11.8 Å². The summed E-state index contributed by atoms with van der Waals surface area (Å²) in [5.41, 5.74) is 1.07. The molecule has 1 aliphatic rings. The van der Waals surface area contributed by atoms with Crippen LogP contribution in [-0.4, -0.2) is 28.1 Å². The van der Waals surface area contributed by atoms with E-state index in [1.165, 1.54) is 0 Å². The van der Waals surface area contributed by atoms with Gasteiger partial charge in [0.15, 0.2) is 5.17 Å². The van der Waals surface area contributed by atoms with Crippen molar-refractivity contribution >= 4 is 22.6 Å². The van der Waals surface area contributed by atoms with Gasteiger partial charge in [0.05, 0.1) is 24.0 Å². The minimum absolute atomic E-state index is 0.117. The van der Waals surface area contributed by atoms with Crippen molar-refractivity contribution in [1.29, 1.82) is 0 Å². The maximum Gasteiger partial charge on any atom is 0.213 e. The average Bonchev–Trinajstić information content (AvgIpc) is 2.85. The number of amidine groups is 1. The van der Waals surface area contributed by atoms with Crippen molar-refractivity contribution in [2.24, 2.45) is 4.99 Å². The van der Waals surface area contributed by atoms with Crippen molar-refractivity contribution < 1.29 is 4.74 Å². The van der Waals surface area contributed by atoms with Gasteiger partial charge in [0.1, 0.15) is 0 Å². The third-order valence-electron chi connectivity index (χ3n) is 3.41. The van der Waals surface area contributed by atoms with Crippen LogP contribution >= 0.6 is 11.8 Å². The number of aliphatic imine (C=N–C) groups is 1. The van der Waals surface area contributed by atoms with Crippen molar-refractivity contribution in [3.63, 3.8) is 0 Å². The summed E-state index contributed by atoms with van der Waals surface area (Å²) in [5.74, 6) is 1.72. The molecule has 19 heavy (non-hydrogen) atoms. The Kier molecular flexibility index (Phi) is 4.69. The molecular formula is C14H21N3OS. The van der Waals surface area contributed by atoms with E-state index in [9.17, 15) is 0 Å². The highest BCUT2D eigenvalue weighted by Crippen LogP contribution is 2.33. The van der Waals surface area contributed by atoms with Gasteiger partial charge >= 0.3 is 0 Å². The van der Waals surface area contributed by atoms with Gasteiger partial charge in [-0.3, -0.25) is 4.99 Å². The molecule has 0 amide bonds. The molecule has 1 aromatic rings. The van der Waals surface area contributed by atoms with Gasteiger partial charge < -0.3 is 10.1 Å². The van der Waals surface area contributed by atoms with E-state index in [2.05, 4.69) is 24.1 Å². The summed E-state index contributed by atoms with van der Waals surface area (Å²) in [6.07, 6.45) is 3.96. The van der Waals surface area contributed by atoms with Crippen LogP contribution in [0.15, 0.2) is 23.3 Å². The summed E-state index contributed by atoms with van der Waals surface area (Å²) in [5, 5.41) is 4.32. The van der Waals surface area contributed by atoms with Gasteiger partial charge in [0.25, 0.3) is 0 Å². The zero-order valence-electron chi connectivity index (χ0n) is 11.8. The Labute approximate surface area is 119 Å². The van der Waals surface area contributed by atoms with E-state index in [1.807, 2.05) is 19.1 Å². The molecule has 2 heterocycles. The van der Waals surface area contributed by atoms with Crippen LogP contribution in [0.2, 0.25) is 0 Å². The normalized spacial score (nSPS) is 17.1. The molecule has 1 N–H and O–H groups in total. The number of thioether (sulfide) groups is 1. The number of anilines is 1. The second-order valence-electron chi connectivity index (χ2n) is 4.58. The molecule has 0 saturated carbocycles. The van der Waals surface area contributed by atoms with Crippen LogP contribution in [0, 0.1) is 0 Å². The molecule has 104 valence electrons. The number of ether oxygens (including phenoxy) is 1. The number of nitrogens with one attached hydrogen (secondary N) is 1. The van der Waals surface area contributed by atoms with E-state index >= 15 is 0 Å². The first-order valence-electron chi connectivity index (χ1n) is 6.80. The van der Waals surface area contributed by atoms with Crippen LogP contribution in [0.25, 0.3) is 0 Å². The summed E-state index contributed by atoms with van der Waals surface area (Å²) < 4.78 is 5.32. The summed E-state index contributed by atoms with van der Waals surface area (Å²) in [6.45, 7) is 6.99. The SMILES string of the molecule is CCOc1ccc(NC2=NC(CC)(CC)CS2)cn1. The minimum atomic E-state index is 0.117. The molecule has 0 atom stereocenters. The van der Waals surface area contributed by atoms with E-state index < -0.39 is 0 Å². The smallest absolute Gasteiger partial charge is 0.213 e. The summed E-state index contributed by atoms with van der Waals surface area (Å²) >= 11 is 1.79. The number of aromatic nitrogens is 1. The molecule has 2 rings (SSSR count). The zero-order valence-corrected chi connectivity index (χ0v) is 12.6. The Bertz CT molecular complexity index is 441. The maximum atomic E-state index is 5.32. The fraction of sp³-hybridized carbons (Fsp3) is 0.571. The van der Waals surface area contributed by atoms with E-state index in [0.29, 0.717) is 12.5 Å². The average molecular weight is 279 g/mol. The van der Waals surface area contributed by atoms with Gasteiger partial charge in [-0.2, -0.15) is 0 Å². The van der Waals surface area contributed by atoms with Crippen LogP contribution in [0.4, 0.5) is 5.69 Å². The molecule has 0 saturated heterocycles. The third kappa shape index (κ3) is 3.41. The van der Waals surface area contributed by atoms with Crippen LogP contribution in [-0.2, 0) is 0 Å². The molecule has 1 aliphatic heterocycles. The molecule has 0 fully saturated rings. The molecule has 0 unspecified atom stereocenters. The van der Waals surface area contributed by atoms with Gasteiger partial charge in [-0.25, -0.2) is 4.98 Å². The Morgan fingerprint density at radius 1 is 1.32 bits per heavy atom. The van der Waals surface area contributed by atoms with Gasteiger partial charge in [-0.1, -0.05) is 25.6 Å². The van der Waals surface area contributed by atoms with Crippen LogP contribution in [0.3, 0.4) is 0 Å². The Morgan fingerprint density at radius 3 is 2.63 bits per heavy atom. The number of rotatable bonds is 5. The lowest BCUT2D eigenvalue weighted by atomic mass is 9.97. The molecule has 4 nitrogen and oxygen atoms in total. The van der Waals surface area contributed by atoms with Gasteiger partial charge in [-0.15, -0.1) is 0 Å². The van der Waals surface area contributed by atoms with Crippen molar-refractivity contribution in [3.05, 3.63) is 18.3 Å². The third-order valence-corrected chi connectivity index (χ3v) is 4.56. The van der Waals surface area contributed by atoms with E-state index in [-0.39, 0.29) is 5.54 Å². The van der Waals surface area contributed by atoms with E-state index in [0.717, 1.165) is 29.4 Å². The second-order valence-corrected chi connectivity index (χ2v) is 5.54. The highest BCUT2D eigenvalue weighted by Gasteiger charge is 2.32. The molecule has 1 aromatic heterocycles.